The molecule has 0 radical (unpaired) electrons. The molecule has 5 heteroatoms. The molecule has 1 rings (SSSR count). The maximum absolute atomic E-state index is 13.5. The van der Waals surface area contributed by atoms with Crippen LogP contribution in [0.15, 0.2) is 18.2 Å². The van der Waals surface area contributed by atoms with Gasteiger partial charge in [-0.1, -0.05) is 22.0 Å². The number of rotatable bonds is 4. The Bertz CT molecular complexity index is 405. The maximum atomic E-state index is 13.5. The lowest BCUT2D eigenvalue weighted by Gasteiger charge is -2.17. The Hall–Kier alpha value is -0.960. The van der Waals surface area contributed by atoms with Crippen LogP contribution in [0.5, 0.6) is 0 Å². The van der Waals surface area contributed by atoms with E-state index in [0.717, 1.165) is 6.07 Å². The number of aliphatic hydroxyl groups excluding tert-OH is 2. The molecule has 0 heterocycles. The van der Waals surface area contributed by atoms with Gasteiger partial charge in [0, 0.05) is 10.9 Å². The molecule has 0 bridgehead atoms. The number of nitriles is 1. The molecule has 2 unspecified atom stereocenters. The molecule has 1 aromatic carbocycles. The zero-order chi connectivity index (χ0) is 12.1. The van der Waals surface area contributed by atoms with Crippen molar-refractivity contribution in [2.45, 2.75) is 18.6 Å². The van der Waals surface area contributed by atoms with Gasteiger partial charge in [0.05, 0.1) is 17.7 Å². The first-order chi connectivity index (χ1) is 7.60. The molecule has 0 amide bonds. The van der Waals surface area contributed by atoms with Gasteiger partial charge in [-0.05, 0) is 18.6 Å². The fourth-order valence-corrected chi connectivity index (χ4v) is 1.78. The number of hydrogen-bond donors (Lipinski definition) is 2. The molecule has 86 valence electrons. The van der Waals surface area contributed by atoms with Gasteiger partial charge >= 0.3 is 0 Å². The van der Waals surface area contributed by atoms with Crippen LogP contribution in [0.3, 0.4) is 0 Å². The van der Waals surface area contributed by atoms with Gasteiger partial charge in [0.25, 0.3) is 0 Å². The normalized spacial score (nSPS) is 14.2. The molecular weight excluding hydrogens is 277 g/mol. The van der Waals surface area contributed by atoms with Gasteiger partial charge in [0.2, 0.25) is 0 Å². The highest BCUT2D eigenvalue weighted by Gasteiger charge is 2.21. The Balaban J connectivity index is 2.92. The van der Waals surface area contributed by atoms with E-state index in [1.54, 1.807) is 6.07 Å². The number of benzene rings is 1. The Morgan fingerprint density at radius 2 is 2.12 bits per heavy atom. The van der Waals surface area contributed by atoms with E-state index in [0.29, 0.717) is 11.8 Å². The van der Waals surface area contributed by atoms with E-state index in [4.69, 9.17) is 5.26 Å². The lowest BCUT2D eigenvalue weighted by atomic mass is 10.0. The third-order valence-electron chi connectivity index (χ3n) is 2.22. The van der Waals surface area contributed by atoms with Gasteiger partial charge in [0.1, 0.15) is 11.9 Å². The summed E-state index contributed by atoms with van der Waals surface area (Å²) in [5.41, 5.74) is 0.191. The fraction of sp³-hybridized carbons (Fsp3) is 0.364. The second kappa shape index (κ2) is 5.94. The first-order valence-corrected chi connectivity index (χ1v) is 5.84. The van der Waals surface area contributed by atoms with Crippen LogP contribution in [0.4, 0.5) is 4.39 Å². The fourth-order valence-electron chi connectivity index (χ4n) is 1.31. The minimum Gasteiger partial charge on any atom is -0.390 e. The average Bonchev–Trinajstić information content (AvgIpc) is 2.28. The summed E-state index contributed by atoms with van der Waals surface area (Å²) in [7, 11) is 0. The highest BCUT2D eigenvalue weighted by atomic mass is 79.9. The van der Waals surface area contributed by atoms with Crippen molar-refractivity contribution in [3.63, 3.8) is 0 Å². The lowest BCUT2D eigenvalue weighted by Crippen LogP contribution is -2.19. The predicted molar refractivity (Wildman–Crippen MR) is 60.5 cm³/mol. The zero-order valence-corrected chi connectivity index (χ0v) is 9.98. The van der Waals surface area contributed by atoms with E-state index in [-0.39, 0.29) is 11.1 Å². The molecule has 0 saturated heterocycles. The molecule has 0 spiro atoms. The molecule has 1 aromatic rings. The first-order valence-electron chi connectivity index (χ1n) is 4.71. The third kappa shape index (κ3) is 3.01. The van der Waals surface area contributed by atoms with E-state index in [1.807, 2.05) is 0 Å². The van der Waals surface area contributed by atoms with Gasteiger partial charge in [0.15, 0.2) is 0 Å². The average molecular weight is 288 g/mol. The summed E-state index contributed by atoms with van der Waals surface area (Å²) in [6.07, 6.45) is -1.98. The minimum atomic E-state index is -1.27. The van der Waals surface area contributed by atoms with Crippen molar-refractivity contribution in [1.29, 1.82) is 5.26 Å². The Kier molecular flexibility index (Phi) is 4.87. The Labute approximate surface area is 101 Å². The van der Waals surface area contributed by atoms with Gasteiger partial charge in [-0.2, -0.15) is 5.26 Å². The van der Waals surface area contributed by atoms with Gasteiger partial charge in [-0.3, -0.25) is 0 Å². The van der Waals surface area contributed by atoms with Crippen LogP contribution in [0.2, 0.25) is 0 Å². The van der Waals surface area contributed by atoms with Crippen molar-refractivity contribution >= 4 is 15.9 Å². The predicted octanol–water partition coefficient (Wildman–Crippen LogP) is 1.88. The molecule has 2 atom stereocenters. The van der Waals surface area contributed by atoms with Crippen LogP contribution in [0, 0.1) is 17.1 Å². The Morgan fingerprint density at radius 1 is 1.44 bits per heavy atom. The molecule has 0 aliphatic heterocycles. The smallest absolute Gasteiger partial charge is 0.130 e. The highest BCUT2D eigenvalue weighted by Crippen LogP contribution is 2.23. The number of hydrogen-bond acceptors (Lipinski definition) is 3. The first kappa shape index (κ1) is 13.1. The van der Waals surface area contributed by atoms with E-state index >= 15 is 0 Å². The van der Waals surface area contributed by atoms with Gasteiger partial charge in [-0.25, -0.2) is 4.39 Å². The lowest BCUT2D eigenvalue weighted by molar-refractivity contribution is 0.0153. The van der Waals surface area contributed by atoms with Crippen LogP contribution in [0.25, 0.3) is 0 Å². The molecular formula is C11H11BrFNO2. The van der Waals surface area contributed by atoms with Crippen molar-refractivity contribution in [3.8, 4) is 6.07 Å². The van der Waals surface area contributed by atoms with Crippen molar-refractivity contribution in [1.82, 2.24) is 0 Å². The second-order valence-corrected chi connectivity index (χ2v) is 4.13. The molecule has 16 heavy (non-hydrogen) atoms. The van der Waals surface area contributed by atoms with Gasteiger partial charge in [-0.15, -0.1) is 0 Å². The van der Waals surface area contributed by atoms with E-state index in [2.05, 4.69) is 15.9 Å². The molecule has 0 aliphatic rings. The SMILES string of the molecule is N#Cc1ccc(C(O)C(O)CCBr)c(F)c1. The molecule has 3 nitrogen and oxygen atoms in total. The van der Waals surface area contributed by atoms with Crippen LogP contribution in [-0.2, 0) is 0 Å². The third-order valence-corrected chi connectivity index (χ3v) is 2.68. The largest absolute Gasteiger partial charge is 0.390 e. The van der Waals surface area contributed by atoms with E-state index in [1.165, 1.54) is 12.1 Å². The summed E-state index contributed by atoms with van der Waals surface area (Å²) >= 11 is 3.12. The van der Waals surface area contributed by atoms with Crippen LogP contribution < -0.4 is 0 Å². The molecule has 2 N–H and O–H groups in total. The van der Waals surface area contributed by atoms with Crippen LogP contribution in [0.1, 0.15) is 23.7 Å². The summed E-state index contributed by atoms with van der Waals surface area (Å²) < 4.78 is 13.5. The highest BCUT2D eigenvalue weighted by molar-refractivity contribution is 9.09. The topological polar surface area (TPSA) is 64.2 Å². The summed E-state index contributed by atoms with van der Waals surface area (Å²) in [5, 5.41) is 28.2. The summed E-state index contributed by atoms with van der Waals surface area (Å²) in [5.74, 6) is -0.680. The van der Waals surface area contributed by atoms with Crippen LogP contribution >= 0.6 is 15.9 Å². The van der Waals surface area contributed by atoms with Crippen LogP contribution in [-0.4, -0.2) is 21.6 Å². The molecule has 0 fully saturated rings. The number of aliphatic hydroxyl groups is 2. The summed E-state index contributed by atoms with van der Waals surface area (Å²) in [4.78, 5) is 0. The Morgan fingerprint density at radius 3 is 2.62 bits per heavy atom. The van der Waals surface area contributed by atoms with Crippen molar-refractivity contribution in [2.75, 3.05) is 5.33 Å². The number of nitrogens with zero attached hydrogens (tertiary/aromatic N) is 1. The molecule has 0 aromatic heterocycles. The summed E-state index contributed by atoms with van der Waals surface area (Å²) in [6, 6.07) is 5.56. The number of halogens is 2. The number of alkyl halides is 1. The molecule has 0 saturated carbocycles. The monoisotopic (exact) mass is 287 g/mol. The minimum absolute atomic E-state index is 0.00690. The maximum Gasteiger partial charge on any atom is 0.130 e. The standard InChI is InChI=1S/C11H11BrFNO2/c12-4-3-10(15)11(16)8-2-1-7(6-14)5-9(8)13/h1-2,5,10-11,15-16H,3-4H2. The van der Waals surface area contributed by atoms with Crippen molar-refractivity contribution in [2.24, 2.45) is 0 Å². The van der Waals surface area contributed by atoms with Gasteiger partial charge < -0.3 is 10.2 Å². The van der Waals surface area contributed by atoms with E-state index in [9.17, 15) is 14.6 Å². The molecule has 0 aliphatic carbocycles. The van der Waals surface area contributed by atoms with Crippen molar-refractivity contribution < 1.29 is 14.6 Å². The zero-order valence-electron chi connectivity index (χ0n) is 8.40. The summed E-state index contributed by atoms with van der Waals surface area (Å²) in [6.45, 7) is 0. The second-order valence-electron chi connectivity index (χ2n) is 3.34. The quantitative estimate of drug-likeness (QED) is 0.831. The van der Waals surface area contributed by atoms with Crippen molar-refractivity contribution in [3.05, 3.63) is 35.1 Å². The van der Waals surface area contributed by atoms with E-state index < -0.39 is 18.0 Å².